The smallest absolute Gasteiger partial charge is 0.187 e. The molecule has 1 aliphatic carbocycles. The zero-order valence-electron chi connectivity index (χ0n) is 19.0. The minimum absolute atomic E-state index is 0.443. The fourth-order valence-corrected chi connectivity index (χ4v) is 4.19. The molecule has 0 saturated heterocycles. The van der Waals surface area contributed by atoms with Gasteiger partial charge in [0.15, 0.2) is 5.11 Å². The second kappa shape index (κ2) is 11.6. The summed E-state index contributed by atoms with van der Waals surface area (Å²) < 4.78 is 7.59. The lowest BCUT2D eigenvalue weighted by Crippen LogP contribution is -2.40. The van der Waals surface area contributed by atoms with Gasteiger partial charge >= 0.3 is 0 Å². The maximum Gasteiger partial charge on any atom is 0.187 e. The van der Waals surface area contributed by atoms with Gasteiger partial charge in [-0.25, -0.2) is 4.68 Å². The molecule has 4 rings (SSSR count). The van der Waals surface area contributed by atoms with Crippen molar-refractivity contribution in [1.29, 1.82) is 0 Å². The number of ether oxygens (including phenoxy) is 1. The van der Waals surface area contributed by atoms with Gasteiger partial charge in [0.25, 0.3) is 0 Å². The molecule has 1 heterocycles. The molecule has 3 aromatic rings. The van der Waals surface area contributed by atoms with Crippen molar-refractivity contribution in [2.75, 3.05) is 6.61 Å². The van der Waals surface area contributed by atoms with Crippen LogP contribution in [0.3, 0.4) is 0 Å². The first kappa shape index (κ1) is 23.0. The van der Waals surface area contributed by atoms with Gasteiger partial charge in [0.05, 0.1) is 18.5 Å². The van der Waals surface area contributed by atoms with Crippen molar-refractivity contribution in [1.82, 2.24) is 20.5 Å². The molecule has 1 fully saturated rings. The molecule has 2 N–H and O–H groups in total. The van der Waals surface area contributed by atoms with Crippen LogP contribution in [0.5, 0.6) is 5.75 Å². The number of hydrogen-bond donors (Lipinski definition) is 2. The second-order valence-electron chi connectivity index (χ2n) is 8.26. The minimum atomic E-state index is 0.443. The van der Waals surface area contributed by atoms with Crippen LogP contribution in [0.4, 0.5) is 0 Å². The number of nitrogens with zero attached hydrogens (tertiary/aromatic N) is 3. The Morgan fingerprint density at radius 1 is 1.12 bits per heavy atom. The van der Waals surface area contributed by atoms with E-state index in [1.807, 2.05) is 65.5 Å². The third-order valence-corrected chi connectivity index (χ3v) is 5.88. The van der Waals surface area contributed by atoms with Crippen LogP contribution < -0.4 is 15.5 Å². The molecule has 172 valence electrons. The minimum Gasteiger partial charge on any atom is -0.494 e. The lowest BCUT2D eigenvalue weighted by Gasteiger charge is -2.23. The second-order valence-corrected chi connectivity index (χ2v) is 8.67. The van der Waals surface area contributed by atoms with Crippen LogP contribution >= 0.6 is 12.2 Å². The summed E-state index contributed by atoms with van der Waals surface area (Å²) in [5, 5.41) is 13.2. The number of rotatable bonds is 8. The van der Waals surface area contributed by atoms with Crippen LogP contribution in [0.1, 0.15) is 51.0 Å². The van der Waals surface area contributed by atoms with Gasteiger partial charge in [0, 0.05) is 23.4 Å². The van der Waals surface area contributed by atoms with E-state index in [0.717, 1.165) is 47.5 Å². The Hall–Kier alpha value is -3.19. The zero-order valence-corrected chi connectivity index (χ0v) is 19.9. The highest BCUT2D eigenvalue weighted by atomic mass is 32.1. The molecule has 0 radical (unpaired) electrons. The van der Waals surface area contributed by atoms with E-state index in [0.29, 0.717) is 17.8 Å². The summed E-state index contributed by atoms with van der Waals surface area (Å²) in [5.74, 6) is 0.860. The first-order valence-corrected chi connectivity index (χ1v) is 12.1. The summed E-state index contributed by atoms with van der Waals surface area (Å²) in [6.45, 7) is 2.81. The van der Waals surface area contributed by atoms with Gasteiger partial charge in [-0.2, -0.15) is 10.2 Å². The quantitative estimate of drug-likeness (QED) is 0.265. The molecular formula is C26H31N5OS. The Kier molecular flexibility index (Phi) is 8.09. The highest BCUT2D eigenvalue weighted by molar-refractivity contribution is 7.80. The average molecular weight is 462 g/mol. The van der Waals surface area contributed by atoms with Crippen LogP contribution in [0.2, 0.25) is 0 Å². The van der Waals surface area contributed by atoms with E-state index < -0.39 is 0 Å². The van der Waals surface area contributed by atoms with Crippen molar-refractivity contribution in [2.45, 2.75) is 51.5 Å². The molecule has 0 atom stereocenters. The Morgan fingerprint density at radius 3 is 2.61 bits per heavy atom. The van der Waals surface area contributed by atoms with E-state index >= 15 is 0 Å². The van der Waals surface area contributed by atoms with E-state index in [2.05, 4.69) is 22.8 Å². The van der Waals surface area contributed by atoms with Gasteiger partial charge < -0.3 is 10.1 Å². The van der Waals surface area contributed by atoms with E-state index in [-0.39, 0.29) is 0 Å². The predicted molar refractivity (Wildman–Crippen MR) is 138 cm³/mol. The lowest BCUT2D eigenvalue weighted by atomic mass is 9.96. The molecule has 0 aliphatic heterocycles. The largest absolute Gasteiger partial charge is 0.494 e. The van der Waals surface area contributed by atoms with E-state index in [1.54, 1.807) is 6.21 Å². The van der Waals surface area contributed by atoms with Crippen molar-refractivity contribution in [3.05, 3.63) is 66.4 Å². The van der Waals surface area contributed by atoms with Crippen LogP contribution in [0.15, 0.2) is 65.9 Å². The Labute approximate surface area is 201 Å². The zero-order chi connectivity index (χ0) is 22.9. The van der Waals surface area contributed by atoms with Crippen LogP contribution in [-0.4, -0.2) is 33.8 Å². The first-order chi connectivity index (χ1) is 16.2. The van der Waals surface area contributed by atoms with E-state index in [9.17, 15) is 0 Å². The SMILES string of the molecule is CCCOc1ccc(-c2nn(-c3ccccc3)cc2/C=N/NC(=S)NC2CCCCC2)cc1. The van der Waals surface area contributed by atoms with Crippen LogP contribution in [0, 0.1) is 0 Å². The van der Waals surface area contributed by atoms with Gasteiger partial charge in [-0.05, 0) is 67.9 Å². The van der Waals surface area contributed by atoms with Gasteiger partial charge in [-0.1, -0.05) is 44.4 Å². The highest BCUT2D eigenvalue weighted by Crippen LogP contribution is 2.25. The number of benzene rings is 2. The number of hydrogen-bond acceptors (Lipinski definition) is 4. The standard InChI is InChI=1S/C26H31N5OS/c1-2-17-32-24-15-13-20(14-16-24)25-21(19-31(30-25)23-11-7-4-8-12-23)18-27-29-26(33)28-22-9-5-3-6-10-22/h4,7-8,11-16,18-19,22H,2-3,5-6,9-10,17H2,1H3,(H2,28,29,33)/b27-18+. The number of aromatic nitrogens is 2. The van der Waals surface area contributed by atoms with Crippen molar-refractivity contribution in [3.63, 3.8) is 0 Å². The maximum absolute atomic E-state index is 5.72. The topological polar surface area (TPSA) is 63.5 Å². The number of hydrazone groups is 1. The van der Waals surface area contributed by atoms with Gasteiger partial charge in [-0.15, -0.1) is 0 Å². The molecule has 0 unspecified atom stereocenters. The lowest BCUT2D eigenvalue weighted by molar-refractivity contribution is 0.317. The molecule has 0 bridgehead atoms. The predicted octanol–water partition coefficient (Wildman–Crippen LogP) is 5.46. The highest BCUT2D eigenvalue weighted by Gasteiger charge is 2.14. The van der Waals surface area contributed by atoms with Crippen molar-refractivity contribution in [3.8, 4) is 22.7 Å². The number of thiocarbonyl (C=S) groups is 1. The van der Waals surface area contributed by atoms with Crippen molar-refractivity contribution < 1.29 is 4.74 Å². The van der Waals surface area contributed by atoms with Crippen molar-refractivity contribution >= 4 is 23.5 Å². The molecule has 33 heavy (non-hydrogen) atoms. The maximum atomic E-state index is 5.72. The third-order valence-electron chi connectivity index (χ3n) is 5.67. The fourth-order valence-electron chi connectivity index (χ4n) is 3.97. The molecular weight excluding hydrogens is 430 g/mol. The number of para-hydroxylation sites is 1. The Bertz CT molecular complexity index is 1060. The summed E-state index contributed by atoms with van der Waals surface area (Å²) >= 11 is 5.44. The monoisotopic (exact) mass is 461 g/mol. The normalized spacial score (nSPS) is 14.3. The molecule has 2 aromatic carbocycles. The van der Waals surface area contributed by atoms with Crippen LogP contribution in [0.25, 0.3) is 16.9 Å². The molecule has 1 aromatic heterocycles. The molecule has 1 saturated carbocycles. The van der Waals surface area contributed by atoms with Gasteiger partial charge in [0.1, 0.15) is 11.4 Å². The number of nitrogens with one attached hydrogen (secondary N) is 2. The van der Waals surface area contributed by atoms with Crippen molar-refractivity contribution in [2.24, 2.45) is 5.10 Å². The molecule has 1 aliphatic rings. The third kappa shape index (κ3) is 6.42. The fraction of sp³-hybridized carbons (Fsp3) is 0.346. The van der Waals surface area contributed by atoms with E-state index in [1.165, 1.54) is 19.3 Å². The first-order valence-electron chi connectivity index (χ1n) is 11.7. The molecule has 6 nitrogen and oxygen atoms in total. The van der Waals surface area contributed by atoms with Gasteiger partial charge in [0.2, 0.25) is 0 Å². The summed E-state index contributed by atoms with van der Waals surface area (Å²) in [7, 11) is 0. The summed E-state index contributed by atoms with van der Waals surface area (Å²) in [6.07, 6.45) is 10.9. The Balaban J connectivity index is 1.52. The summed E-state index contributed by atoms with van der Waals surface area (Å²) in [4.78, 5) is 0. The molecule has 0 spiro atoms. The molecule has 0 amide bonds. The summed E-state index contributed by atoms with van der Waals surface area (Å²) in [5.41, 5.74) is 6.70. The van der Waals surface area contributed by atoms with Crippen LogP contribution in [-0.2, 0) is 0 Å². The Morgan fingerprint density at radius 2 is 1.88 bits per heavy atom. The summed E-state index contributed by atoms with van der Waals surface area (Å²) in [6, 6.07) is 18.5. The molecule has 7 heteroatoms. The van der Waals surface area contributed by atoms with E-state index in [4.69, 9.17) is 22.1 Å². The van der Waals surface area contributed by atoms with Gasteiger partial charge in [-0.3, -0.25) is 5.43 Å². The average Bonchev–Trinajstić information content (AvgIpc) is 3.28.